The fraction of sp³-hybridized carbons (Fsp3) is 0.0833. The smallest absolute Gasteiger partial charge is 0.265 e. The van der Waals surface area contributed by atoms with Crippen LogP contribution in [-0.2, 0) is 0 Å². The van der Waals surface area contributed by atoms with Crippen molar-refractivity contribution in [1.82, 2.24) is 4.57 Å². The maximum atomic E-state index is 13.2. The summed E-state index contributed by atoms with van der Waals surface area (Å²) in [5.41, 5.74) is 2.34. The maximum absolute atomic E-state index is 13.2. The highest BCUT2D eigenvalue weighted by molar-refractivity contribution is 6.02. The molecule has 0 unspecified atom stereocenters. The van der Waals surface area contributed by atoms with Crippen molar-refractivity contribution in [2.75, 3.05) is 7.11 Å². The van der Waals surface area contributed by atoms with Gasteiger partial charge in [0, 0.05) is 17.0 Å². The molecule has 5 heteroatoms. The highest BCUT2D eigenvalue weighted by Gasteiger charge is 2.17. The molecule has 0 saturated carbocycles. The highest BCUT2D eigenvalue weighted by Crippen LogP contribution is 2.30. The first-order valence-electron chi connectivity index (χ1n) is 9.21. The summed E-state index contributed by atoms with van der Waals surface area (Å²) in [5, 5.41) is 12.2. The lowest BCUT2D eigenvalue weighted by molar-refractivity contribution is 0.416. The van der Waals surface area contributed by atoms with Gasteiger partial charge < -0.3 is 9.84 Å². The Kier molecular flexibility index (Phi) is 4.87. The van der Waals surface area contributed by atoms with Crippen LogP contribution in [0.5, 0.6) is 11.6 Å². The Labute approximate surface area is 168 Å². The monoisotopic (exact) mass is 384 g/mol. The minimum atomic E-state index is -0.276. The molecule has 0 aliphatic rings. The summed E-state index contributed by atoms with van der Waals surface area (Å²) >= 11 is 0. The Bertz CT molecular complexity index is 1290. The van der Waals surface area contributed by atoms with E-state index in [-0.39, 0.29) is 11.4 Å². The molecule has 0 fully saturated rings. The minimum absolute atomic E-state index is 0.151. The highest BCUT2D eigenvalue weighted by atomic mass is 16.5. The van der Waals surface area contributed by atoms with Gasteiger partial charge in [-0.1, -0.05) is 48.5 Å². The van der Waals surface area contributed by atoms with Crippen LogP contribution in [0.2, 0.25) is 0 Å². The molecule has 0 aliphatic heterocycles. The lowest BCUT2D eigenvalue weighted by Gasteiger charge is -2.15. The van der Waals surface area contributed by atoms with Crippen molar-refractivity contribution in [3.8, 4) is 17.3 Å². The number of hydrogen-bond donors (Lipinski definition) is 1. The average molecular weight is 384 g/mol. The summed E-state index contributed by atoms with van der Waals surface area (Å²) in [5.74, 6) is 0.474. The number of para-hydroxylation sites is 3. The predicted molar refractivity (Wildman–Crippen MR) is 116 cm³/mol. The number of nitrogens with zero attached hydrogens (tertiary/aromatic N) is 2. The fourth-order valence-electron chi connectivity index (χ4n) is 3.40. The number of benzene rings is 3. The van der Waals surface area contributed by atoms with Crippen molar-refractivity contribution in [2.24, 2.45) is 4.99 Å². The van der Waals surface area contributed by atoms with Gasteiger partial charge in [0.15, 0.2) is 0 Å². The van der Waals surface area contributed by atoms with Gasteiger partial charge in [0.2, 0.25) is 5.88 Å². The summed E-state index contributed by atoms with van der Waals surface area (Å²) in [6, 6.07) is 22.0. The molecule has 144 valence electrons. The topological polar surface area (TPSA) is 63.8 Å². The van der Waals surface area contributed by atoms with Crippen molar-refractivity contribution in [3.63, 3.8) is 0 Å². The molecule has 3 aromatic carbocycles. The fourth-order valence-corrected chi connectivity index (χ4v) is 3.40. The van der Waals surface area contributed by atoms with Crippen LogP contribution in [0.3, 0.4) is 0 Å². The van der Waals surface area contributed by atoms with Gasteiger partial charge in [-0.15, -0.1) is 0 Å². The second-order valence-electron chi connectivity index (χ2n) is 6.64. The largest absolute Gasteiger partial charge is 0.494 e. The first-order chi connectivity index (χ1) is 14.1. The second-order valence-corrected chi connectivity index (χ2v) is 6.64. The number of hydrogen-bond acceptors (Lipinski definition) is 4. The summed E-state index contributed by atoms with van der Waals surface area (Å²) in [4.78, 5) is 17.7. The van der Waals surface area contributed by atoms with E-state index in [4.69, 9.17) is 4.74 Å². The molecule has 1 aromatic heterocycles. The van der Waals surface area contributed by atoms with Crippen LogP contribution in [0.15, 0.2) is 82.6 Å². The molecule has 0 aliphatic carbocycles. The molecule has 29 heavy (non-hydrogen) atoms. The van der Waals surface area contributed by atoms with E-state index < -0.39 is 0 Å². The van der Waals surface area contributed by atoms with Crippen LogP contribution in [0.4, 0.5) is 5.69 Å². The minimum Gasteiger partial charge on any atom is -0.494 e. The van der Waals surface area contributed by atoms with Crippen molar-refractivity contribution in [3.05, 3.63) is 94.3 Å². The summed E-state index contributed by atoms with van der Waals surface area (Å²) in [6.45, 7) is 1.90. The zero-order chi connectivity index (χ0) is 20.4. The van der Waals surface area contributed by atoms with Gasteiger partial charge in [-0.25, -0.2) is 4.57 Å². The lowest BCUT2D eigenvalue weighted by atomic mass is 10.1. The molecule has 1 heterocycles. The predicted octanol–water partition coefficient (Wildman–Crippen LogP) is 4.76. The molecule has 4 aromatic rings. The standard InChI is InChI=1S/C24H20N2O3/c1-16-9-3-7-13-21(16)26-23(27)18-11-5-4-10-17(18)19(24(26)28)15-25-20-12-6-8-14-22(20)29-2/h3-15,28H,1-2H3. The van der Waals surface area contributed by atoms with Crippen molar-refractivity contribution in [1.29, 1.82) is 0 Å². The maximum Gasteiger partial charge on any atom is 0.265 e. The Balaban J connectivity index is 2.00. The molecule has 0 atom stereocenters. The molecule has 0 bridgehead atoms. The number of fused-ring (bicyclic) bond motifs is 1. The molecule has 1 N–H and O–H groups in total. The summed E-state index contributed by atoms with van der Waals surface area (Å²) in [7, 11) is 1.58. The van der Waals surface area contributed by atoms with Gasteiger partial charge in [-0.2, -0.15) is 0 Å². The normalized spacial score (nSPS) is 11.2. The zero-order valence-corrected chi connectivity index (χ0v) is 16.2. The molecule has 5 nitrogen and oxygen atoms in total. The van der Waals surface area contributed by atoms with E-state index in [0.29, 0.717) is 33.5 Å². The first-order valence-corrected chi connectivity index (χ1v) is 9.21. The number of pyridine rings is 1. The zero-order valence-electron chi connectivity index (χ0n) is 16.2. The quantitative estimate of drug-likeness (QED) is 0.516. The van der Waals surface area contributed by atoms with Crippen molar-refractivity contribution in [2.45, 2.75) is 6.92 Å². The Hall–Kier alpha value is -3.86. The average Bonchev–Trinajstić information content (AvgIpc) is 2.75. The van der Waals surface area contributed by atoms with Crippen molar-refractivity contribution < 1.29 is 9.84 Å². The van der Waals surface area contributed by atoms with E-state index in [9.17, 15) is 9.90 Å². The van der Waals surface area contributed by atoms with Crippen LogP contribution in [0, 0.1) is 6.92 Å². The third-order valence-electron chi connectivity index (χ3n) is 4.88. The van der Waals surface area contributed by atoms with E-state index in [0.717, 1.165) is 5.56 Å². The van der Waals surface area contributed by atoms with Crippen LogP contribution in [0.25, 0.3) is 16.5 Å². The van der Waals surface area contributed by atoms with Crippen LogP contribution >= 0.6 is 0 Å². The van der Waals surface area contributed by atoms with Crippen LogP contribution < -0.4 is 10.3 Å². The summed E-state index contributed by atoms with van der Waals surface area (Å²) < 4.78 is 6.68. The number of aliphatic imine (C=N–C) groups is 1. The van der Waals surface area contributed by atoms with Gasteiger partial charge >= 0.3 is 0 Å². The van der Waals surface area contributed by atoms with Gasteiger partial charge in [-0.05, 0) is 36.8 Å². The Morgan fingerprint density at radius 1 is 0.931 bits per heavy atom. The number of methoxy groups -OCH3 is 1. The van der Waals surface area contributed by atoms with Gasteiger partial charge in [0.05, 0.1) is 18.4 Å². The molecule has 0 spiro atoms. The lowest BCUT2D eigenvalue weighted by Crippen LogP contribution is -2.20. The van der Waals surface area contributed by atoms with Crippen molar-refractivity contribution >= 4 is 22.7 Å². The SMILES string of the molecule is COc1ccccc1N=Cc1c(O)n(-c2ccccc2C)c(=O)c2ccccc12. The van der Waals surface area contributed by atoms with E-state index in [2.05, 4.69) is 4.99 Å². The van der Waals surface area contributed by atoms with E-state index in [1.165, 1.54) is 4.57 Å². The Morgan fingerprint density at radius 3 is 2.34 bits per heavy atom. The molecular weight excluding hydrogens is 364 g/mol. The van der Waals surface area contributed by atoms with E-state index in [1.807, 2.05) is 73.7 Å². The van der Waals surface area contributed by atoms with Crippen LogP contribution in [0.1, 0.15) is 11.1 Å². The van der Waals surface area contributed by atoms with Gasteiger partial charge in [0.1, 0.15) is 11.4 Å². The Morgan fingerprint density at radius 2 is 1.59 bits per heavy atom. The number of aromatic nitrogens is 1. The number of ether oxygens (including phenoxy) is 1. The molecule has 0 saturated heterocycles. The molecule has 4 rings (SSSR count). The summed E-state index contributed by atoms with van der Waals surface area (Å²) in [6.07, 6.45) is 1.57. The van der Waals surface area contributed by atoms with E-state index >= 15 is 0 Å². The number of aryl methyl sites for hydroxylation is 1. The number of aromatic hydroxyl groups is 1. The third-order valence-corrected chi connectivity index (χ3v) is 4.88. The molecule has 0 amide bonds. The number of rotatable bonds is 4. The van der Waals surface area contributed by atoms with Gasteiger partial charge in [-0.3, -0.25) is 9.79 Å². The van der Waals surface area contributed by atoms with Gasteiger partial charge in [0.25, 0.3) is 5.56 Å². The molecular formula is C24H20N2O3. The third kappa shape index (κ3) is 3.27. The van der Waals surface area contributed by atoms with E-state index in [1.54, 1.807) is 19.4 Å². The molecule has 0 radical (unpaired) electrons. The second kappa shape index (κ2) is 7.64. The van der Waals surface area contributed by atoms with Crippen LogP contribution in [-0.4, -0.2) is 23.0 Å². The first kappa shape index (κ1) is 18.5.